The molecular formula is C9H12N2S. The third-order valence-corrected chi connectivity index (χ3v) is 1.50. The minimum atomic E-state index is 0.778. The van der Waals surface area contributed by atoms with E-state index in [1.807, 2.05) is 32.9 Å². The molecule has 0 aliphatic rings. The van der Waals surface area contributed by atoms with Gasteiger partial charge in [-0.3, -0.25) is 4.98 Å². The van der Waals surface area contributed by atoms with Gasteiger partial charge in [0.1, 0.15) is 0 Å². The van der Waals surface area contributed by atoms with Crippen LogP contribution in [0.2, 0.25) is 0 Å². The minimum Gasteiger partial charge on any atom is -0.350 e. The zero-order valence-electron chi connectivity index (χ0n) is 7.51. The van der Waals surface area contributed by atoms with E-state index in [4.69, 9.17) is 12.2 Å². The molecule has 0 unspecified atom stereocenters. The zero-order valence-corrected chi connectivity index (χ0v) is 8.33. The lowest BCUT2D eigenvalue weighted by Crippen LogP contribution is -2.04. The van der Waals surface area contributed by atoms with Gasteiger partial charge in [-0.05, 0) is 32.9 Å². The molecule has 0 atom stereocenters. The molecular weight excluding hydrogens is 168 g/mol. The second-order valence-corrected chi connectivity index (χ2v) is 3.43. The maximum absolute atomic E-state index is 4.93. The van der Waals surface area contributed by atoms with Gasteiger partial charge >= 0.3 is 0 Å². The monoisotopic (exact) mass is 180 g/mol. The highest BCUT2D eigenvalue weighted by molar-refractivity contribution is 7.80. The first kappa shape index (κ1) is 9.13. The summed E-state index contributed by atoms with van der Waals surface area (Å²) in [6, 6.07) is 3.95. The van der Waals surface area contributed by atoms with Crippen molar-refractivity contribution in [1.82, 2.24) is 4.98 Å². The van der Waals surface area contributed by atoms with Crippen LogP contribution in [0.15, 0.2) is 12.1 Å². The van der Waals surface area contributed by atoms with Crippen molar-refractivity contribution in [3.05, 3.63) is 23.5 Å². The Morgan fingerprint density at radius 1 is 1.33 bits per heavy atom. The second kappa shape index (κ2) is 3.63. The Bertz CT molecular complexity index is 287. The molecule has 0 fully saturated rings. The van der Waals surface area contributed by atoms with E-state index in [1.165, 1.54) is 0 Å². The Kier molecular flexibility index (Phi) is 2.76. The molecule has 0 spiro atoms. The molecule has 1 aromatic heterocycles. The van der Waals surface area contributed by atoms with Crippen molar-refractivity contribution in [2.45, 2.75) is 20.8 Å². The molecule has 3 heteroatoms. The number of thiocarbonyl (C=S) groups is 1. The summed E-state index contributed by atoms with van der Waals surface area (Å²) in [4.78, 5) is 5.04. The number of pyridine rings is 1. The summed E-state index contributed by atoms with van der Waals surface area (Å²) in [6.45, 7) is 5.80. The van der Waals surface area contributed by atoms with Crippen LogP contribution in [-0.2, 0) is 0 Å². The maximum Gasteiger partial charge on any atom is 0.0765 e. The smallest absolute Gasteiger partial charge is 0.0765 e. The quantitative estimate of drug-likeness (QED) is 0.672. The van der Waals surface area contributed by atoms with Gasteiger partial charge in [0.2, 0.25) is 0 Å². The predicted molar refractivity (Wildman–Crippen MR) is 55.6 cm³/mol. The average molecular weight is 180 g/mol. The summed E-state index contributed by atoms with van der Waals surface area (Å²) in [7, 11) is 0. The van der Waals surface area contributed by atoms with Crippen molar-refractivity contribution >= 4 is 22.9 Å². The van der Waals surface area contributed by atoms with Gasteiger partial charge in [0, 0.05) is 17.1 Å². The number of anilines is 1. The van der Waals surface area contributed by atoms with Crippen LogP contribution >= 0.6 is 12.2 Å². The van der Waals surface area contributed by atoms with Gasteiger partial charge < -0.3 is 5.32 Å². The number of nitrogens with one attached hydrogen (secondary N) is 1. The third-order valence-electron chi connectivity index (χ3n) is 1.40. The zero-order chi connectivity index (χ0) is 9.14. The number of rotatable bonds is 1. The third kappa shape index (κ3) is 2.58. The van der Waals surface area contributed by atoms with E-state index in [0.29, 0.717) is 0 Å². The summed E-state index contributed by atoms with van der Waals surface area (Å²) in [6.07, 6.45) is 0. The van der Waals surface area contributed by atoms with Crippen molar-refractivity contribution in [3.8, 4) is 0 Å². The van der Waals surface area contributed by atoms with Gasteiger partial charge in [-0.15, -0.1) is 0 Å². The summed E-state index contributed by atoms with van der Waals surface area (Å²) in [5.41, 5.74) is 3.04. The number of aromatic nitrogens is 1. The molecule has 0 aliphatic carbocycles. The topological polar surface area (TPSA) is 24.9 Å². The van der Waals surface area contributed by atoms with Crippen LogP contribution < -0.4 is 5.32 Å². The minimum absolute atomic E-state index is 0.778. The second-order valence-electron chi connectivity index (χ2n) is 2.82. The fourth-order valence-electron chi connectivity index (χ4n) is 1.11. The van der Waals surface area contributed by atoms with Crippen molar-refractivity contribution < 1.29 is 0 Å². The van der Waals surface area contributed by atoms with Crippen LogP contribution in [0, 0.1) is 13.8 Å². The highest BCUT2D eigenvalue weighted by Crippen LogP contribution is 2.10. The number of hydrogen-bond acceptors (Lipinski definition) is 2. The molecule has 64 valence electrons. The molecule has 0 saturated carbocycles. The fourth-order valence-corrected chi connectivity index (χ4v) is 1.23. The Balaban J connectivity index is 2.93. The molecule has 0 bridgehead atoms. The normalized spacial score (nSPS) is 9.58. The van der Waals surface area contributed by atoms with Gasteiger partial charge in [-0.25, -0.2) is 0 Å². The van der Waals surface area contributed by atoms with E-state index >= 15 is 0 Å². The Labute approximate surface area is 78.0 Å². The fraction of sp³-hybridized carbons (Fsp3) is 0.333. The molecule has 0 radical (unpaired) electrons. The Morgan fingerprint density at radius 2 is 1.83 bits per heavy atom. The standard InChI is InChI=1S/C9H12N2S/c1-6-4-9(11-8(3)12)5-7(2)10-6/h4-5H,1-3H3,(H,10,11,12). The lowest BCUT2D eigenvalue weighted by atomic mass is 10.3. The first-order valence-corrected chi connectivity index (χ1v) is 4.21. The molecule has 1 N–H and O–H groups in total. The molecule has 2 nitrogen and oxygen atoms in total. The molecule has 0 aliphatic heterocycles. The lowest BCUT2D eigenvalue weighted by molar-refractivity contribution is 1.12. The van der Waals surface area contributed by atoms with E-state index in [0.717, 1.165) is 22.1 Å². The number of aryl methyl sites for hydroxylation is 2. The summed E-state index contributed by atoms with van der Waals surface area (Å²) >= 11 is 4.93. The van der Waals surface area contributed by atoms with Gasteiger partial charge in [-0.1, -0.05) is 12.2 Å². The van der Waals surface area contributed by atoms with Crippen molar-refractivity contribution in [2.75, 3.05) is 5.32 Å². The van der Waals surface area contributed by atoms with Crippen molar-refractivity contribution in [3.63, 3.8) is 0 Å². The Hall–Kier alpha value is -0.960. The van der Waals surface area contributed by atoms with Crippen LogP contribution in [0.25, 0.3) is 0 Å². The predicted octanol–water partition coefficient (Wildman–Crippen LogP) is 2.46. The lowest BCUT2D eigenvalue weighted by Gasteiger charge is -2.05. The van der Waals surface area contributed by atoms with E-state index in [-0.39, 0.29) is 0 Å². The first-order valence-electron chi connectivity index (χ1n) is 3.81. The van der Waals surface area contributed by atoms with Gasteiger partial charge in [0.05, 0.1) is 4.99 Å². The Morgan fingerprint density at radius 3 is 2.25 bits per heavy atom. The maximum atomic E-state index is 4.93. The molecule has 1 rings (SSSR count). The highest BCUT2D eigenvalue weighted by Gasteiger charge is 1.95. The largest absolute Gasteiger partial charge is 0.350 e. The van der Waals surface area contributed by atoms with Crippen molar-refractivity contribution in [1.29, 1.82) is 0 Å². The molecule has 1 heterocycles. The molecule has 1 aromatic rings. The molecule has 0 aromatic carbocycles. The van der Waals surface area contributed by atoms with E-state index in [2.05, 4.69) is 10.3 Å². The van der Waals surface area contributed by atoms with Crippen molar-refractivity contribution in [2.24, 2.45) is 0 Å². The first-order chi connectivity index (χ1) is 5.58. The molecule has 0 amide bonds. The summed E-state index contributed by atoms with van der Waals surface area (Å²) in [5.74, 6) is 0. The van der Waals surface area contributed by atoms with Crippen LogP contribution in [0.4, 0.5) is 5.69 Å². The SMILES string of the molecule is CC(=S)Nc1cc(C)nc(C)c1. The van der Waals surface area contributed by atoms with Crippen LogP contribution in [0.1, 0.15) is 18.3 Å². The average Bonchev–Trinajstić information content (AvgIpc) is 1.81. The van der Waals surface area contributed by atoms with Gasteiger partial charge in [0.15, 0.2) is 0 Å². The summed E-state index contributed by atoms with van der Waals surface area (Å²) < 4.78 is 0. The van der Waals surface area contributed by atoms with Crippen LogP contribution in [-0.4, -0.2) is 9.97 Å². The number of hydrogen-bond donors (Lipinski definition) is 1. The van der Waals surface area contributed by atoms with E-state index in [1.54, 1.807) is 0 Å². The highest BCUT2D eigenvalue weighted by atomic mass is 32.1. The van der Waals surface area contributed by atoms with Crippen LogP contribution in [0.3, 0.4) is 0 Å². The van der Waals surface area contributed by atoms with Gasteiger partial charge in [0.25, 0.3) is 0 Å². The van der Waals surface area contributed by atoms with E-state index < -0.39 is 0 Å². The summed E-state index contributed by atoms with van der Waals surface area (Å²) in [5, 5.41) is 3.08. The van der Waals surface area contributed by atoms with E-state index in [9.17, 15) is 0 Å². The molecule has 0 saturated heterocycles. The molecule has 12 heavy (non-hydrogen) atoms. The number of nitrogens with zero attached hydrogens (tertiary/aromatic N) is 1. The van der Waals surface area contributed by atoms with Gasteiger partial charge in [-0.2, -0.15) is 0 Å². The van der Waals surface area contributed by atoms with Crippen LogP contribution in [0.5, 0.6) is 0 Å².